The van der Waals surface area contributed by atoms with E-state index in [-0.39, 0.29) is 35.5 Å². The molecule has 0 atom stereocenters. The Hall–Kier alpha value is -2.65. The zero-order valence-electron chi connectivity index (χ0n) is 20.7. The highest BCUT2D eigenvalue weighted by Gasteiger charge is 2.55. The van der Waals surface area contributed by atoms with Gasteiger partial charge >= 0.3 is 0 Å². The van der Waals surface area contributed by atoms with Crippen molar-refractivity contribution in [3.63, 3.8) is 0 Å². The second kappa shape index (κ2) is 7.95. The van der Waals surface area contributed by atoms with Crippen LogP contribution in [-0.4, -0.2) is 49.2 Å². The fourth-order valence-electron chi connectivity index (χ4n) is 6.38. The van der Waals surface area contributed by atoms with Crippen LogP contribution < -0.4 is 10.2 Å². The summed E-state index contributed by atoms with van der Waals surface area (Å²) in [4.78, 5) is 34.0. The lowest BCUT2D eigenvalue weighted by Gasteiger charge is -2.44. The van der Waals surface area contributed by atoms with Crippen LogP contribution in [-0.2, 0) is 21.6 Å². The van der Waals surface area contributed by atoms with Gasteiger partial charge in [0.25, 0.3) is 0 Å². The third kappa shape index (κ3) is 3.65. The van der Waals surface area contributed by atoms with Crippen molar-refractivity contribution in [1.29, 1.82) is 0 Å². The average molecular weight is 467 g/mol. The highest BCUT2D eigenvalue weighted by molar-refractivity contribution is 6.13. The fourth-order valence-corrected chi connectivity index (χ4v) is 6.38. The predicted molar refractivity (Wildman–Crippen MR) is 128 cm³/mol. The topological polar surface area (TPSA) is 113 Å². The molecule has 0 unspecified atom stereocenters. The molecule has 0 radical (unpaired) electrons. The third-order valence-corrected chi connectivity index (χ3v) is 7.38. The normalized spacial score (nSPS) is 22.9. The average Bonchev–Trinajstić information content (AvgIpc) is 3.36. The van der Waals surface area contributed by atoms with Gasteiger partial charge in [-0.15, -0.1) is 0 Å². The first-order chi connectivity index (χ1) is 16.1. The number of rotatable bonds is 4. The van der Waals surface area contributed by atoms with E-state index in [0.29, 0.717) is 17.3 Å². The molecule has 1 saturated carbocycles. The van der Waals surface area contributed by atoms with E-state index in [1.54, 1.807) is 24.3 Å². The molecule has 9 heteroatoms. The van der Waals surface area contributed by atoms with Crippen LogP contribution in [0.2, 0.25) is 0 Å². The summed E-state index contributed by atoms with van der Waals surface area (Å²) in [5.74, 6) is 2.35. The van der Waals surface area contributed by atoms with Crippen LogP contribution in [0.5, 0.6) is 0 Å². The molecule has 2 fully saturated rings. The standard InChI is InChI=1S/C25H34N6O3/c1-23(2)10-15(11-24(3,4)34-23)19-27-12-16(13-28-19)31-21-18(20(26-5)29-17(14-32)30-21)25(22(31)33)8-6-7-9-25/h12-13,15,32H,6-11,14H2,1-5H3,(H,26,29,30). The van der Waals surface area contributed by atoms with Crippen LogP contribution in [0.4, 0.5) is 17.3 Å². The summed E-state index contributed by atoms with van der Waals surface area (Å²) in [6.45, 7) is 8.12. The molecule has 182 valence electrons. The van der Waals surface area contributed by atoms with Gasteiger partial charge in [-0.1, -0.05) is 12.8 Å². The highest BCUT2D eigenvalue weighted by Crippen LogP contribution is 2.54. The number of carbonyl (C=O) groups is 1. The maximum atomic E-state index is 13.9. The van der Waals surface area contributed by atoms with Gasteiger partial charge in [0.05, 0.1) is 40.3 Å². The molecule has 0 bridgehead atoms. The molecule has 2 aromatic rings. The Morgan fingerprint density at radius 1 is 1.09 bits per heavy atom. The van der Waals surface area contributed by atoms with Gasteiger partial charge in [0.1, 0.15) is 24.1 Å². The lowest BCUT2D eigenvalue weighted by Crippen LogP contribution is -2.44. The van der Waals surface area contributed by atoms with Crippen LogP contribution in [0.1, 0.15) is 89.4 Å². The molecule has 1 spiro atoms. The Bertz CT molecular complexity index is 1090. The molecule has 3 aliphatic rings. The SMILES string of the molecule is CNc1nc(CO)nc2c1C1(CCCC1)C(=O)N2c1cnc(C2CC(C)(C)OC(C)(C)C2)nc1. The minimum atomic E-state index is -0.644. The lowest BCUT2D eigenvalue weighted by molar-refractivity contribution is -0.162. The van der Waals surface area contributed by atoms with Crippen molar-refractivity contribution in [2.24, 2.45) is 0 Å². The number of aliphatic hydroxyl groups excluding tert-OH is 1. The quantitative estimate of drug-likeness (QED) is 0.701. The first kappa shape index (κ1) is 23.1. The van der Waals surface area contributed by atoms with E-state index in [4.69, 9.17) is 14.7 Å². The monoisotopic (exact) mass is 466 g/mol. The van der Waals surface area contributed by atoms with Crippen LogP contribution in [0, 0.1) is 0 Å². The second-order valence-electron chi connectivity index (χ2n) is 11.1. The Balaban J connectivity index is 1.54. The molecular weight excluding hydrogens is 432 g/mol. The molecule has 2 aromatic heterocycles. The van der Waals surface area contributed by atoms with Gasteiger partial charge in [0.2, 0.25) is 5.91 Å². The van der Waals surface area contributed by atoms with E-state index in [0.717, 1.165) is 49.9 Å². The molecule has 9 nitrogen and oxygen atoms in total. The number of hydrogen-bond donors (Lipinski definition) is 2. The molecule has 2 aliphatic heterocycles. The largest absolute Gasteiger partial charge is 0.388 e. The van der Waals surface area contributed by atoms with Gasteiger partial charge in [-0.05, 0) is 53.4 Å². The maximum Gasteiger partial charge on any atom is 0.243 e. The molecule has 1 saturated heterocycles. The van der Waals surface area contributed by atoms with Gasteiger partial charge in [-0.3, -0.25) is 9.69 Å². The first-order valence-electron chi connectivity index (χ1n) is 12.2. The van der Waals surface area contributed by atoms with Gasteiger partial charge in [-0.2, -0.15) is 0 Å². The summed E-state index contributed by atoms with van der Waals surface area (Å²) in [6.07, 6.45) is 8.61. The van der Waals surface area contributed by atoms with Gasteiger partial charge in [0.15, 0.2) is 5.82 Å². The number of nitrogens with one attached hydrogen (secondary N) is 1. The van der Waals surface area contributed by atoms with Crippen molar-refractivity contribution < 1.29 is 14.6 Å². The first-order valence-corrected chi connectivity index (χ1v) is 12.2. The number of ether oxygens (including phenoxy) is 1. The summed E-state index contributed by atoms with van der Waals surface area (Å²) in [5.41, 5.74) is 0.262. The van der Waals surface area contributed by atoms with E-state index in [9.17, 15) is 9.90 Å². The number of anilines is 3. The summed E-state index contributed by atoms with van der Waals surface area (Å²) < 4.78 is 6.22. The van der Waals surface area contributed by atoms with E-state index in [2.05, 4.69) is 43.0 Å². The number of carbonyl (C=O) groups excluding carboxylic acids is 1. The van der Waals surface area contributed by atoms with Gasteiger partial charge in [0, 0.05) is 13.0 Å². The number of aliphatic hydroxyl groups is 1. The van der Waals surface area contributed by atoms with E-state index in [1.165, 1.54) is 0 Å². The second-order valence-corrected chi connectivity index (χ2v) is 11.1. The molecule has 2 N–H and O–H groups in total. The molecule has 4 heterocycles. The van der Waals surface area contributed by atoms with Crippen molar-refractivity contribution in [3.05, 3.63) is 29.6 Å². The third-order valence-electron chi connectivity index (χ3n) is 7.38. The summed E-state index contributed by atoms with van der Waals surface area (Å²) in [5, 5.41) is 12.9. The molecule has 1 aliphatic carbocycles. The summed E-state index contributed by atoms with van der Waals surface area (Å²) in [7, 11) is 1.79. The van der Waals surface area contributed by atoms with Crippen LogP contribution in [0.3, 0.4) is 0 Å². The summed E-state index contributed by atoms with van der Waals surface area (Å²) in [6, 6.07) is 0. The van der Waals surface area contributed by atoms with Crippen LogP contribution >= 0.6 is 0 Å². The number of aromatic nitrogens is 4. The minimum absolute atomic E-state index is 0.00873. The van der Waals surface area contributed by atoms with E-state index in [1.807, 2.05) is 0 Å². The Kier molecular flexibility index (Phi) is 5.40. The van der Waals surface area contributed by atoms with Crippen LogP contribution in [0.15, 0.2) is 12.4 Å². The lowest BCUT2D eigenvalue weighted by atomic mass is 9.80. The molecular formula is C25H34N6O3. The Morgan fingerprint density at radius 3 is 2.26 bits per heavy atom. The van der Waals surface area contributed by atoms with Crippen molar-refractivity contribution >= 4 is 23.2 Å². The van der Waals surface area contributed by atoms with Crippen molar-refractivity contribution in [1.82, 2.24) is 19.9 Å². The molecule has 34 heavy (non-hydrogen) atoms. The van der Waals surface area contributed by atoms with Gasteiger partial charge in [-0.25, -0.2) is 19.9 Å². The van der Waals surface area contributed by atoms with E-state index >= 15 is 0 Å². The highest BCUT2D eigenvalue weighted by atomic mass is 16.5. The van der Waals surface area contributed by atoms with Crippen LogP contribution in [0.25, 0.3) is 0 Å². The number of nitrogens with zero attached hydrogens (tertiary/aromatic N) is 5. The molecule has 1 amide bonds. The van der Waals surface area contributed by atoms with E-state index < -0.39 is 5.41 Å². The number of hydrogen-bond acceptors (Lipinski definition) is 8. The zero-order valence-corrected chi connectivity index (χ0v) is 20.7. The Morgan fingerprint density at radius 2 is 1.71 bits per heavy atom. The molecule has 5 rings (SSSR count). The number of amides is 1. The van der Waals surface area contributed by atoms with Gasteiger partial charge < -0.3 is 15.2 Å². The van der Waals surface area contributed by atoms with Crippen molar-refractivity contribution in [2.75, 3.05) is 17.3 Å². The number of fused-ring (bicyclic) bond motifs is 2. The summed E-state index contributed by atoms with van der Waals surface area (Å²) >= 11 is 0. The Labute approximate surface area is 200 Å². The maximum absolute atomic E-state index is 13.9. The van der Waals surface area contributed by atoms with Crippen molar-refractivity contribution in [3.8, 4) is 0 Å². The molecule has 0 aromatic carbocycles. The van der Waals surface area contributed by atoms with Crippen molar-refractivity contribution in [2.45, 2.75) is 95.4 Å². The smallest absolute Gasteiger partial charge is 0.243 e. The fraction of sp³-hybridized carbons (Fsp3) is 0.640. The predicted octanol–water partition coefficient (Wildman–Crippen LogP) is 3.74. The zero-order chi connectivity index (χ0) is 24.3. The minimum Gasteiger partial charge on any atom is -0.388 e.